The molecule has 1 saturated heterocycles. The third kappa shape index (κ3) is 10.4. The zero-order chi connectivity index (χ0) is 43.4. The maximum atomic E-state index is 12.5. The van der Waals surface area contributed by atoms with Crippen LogP contribution in [0.15, 0.2) is 91.5 Å². The number of amides is 1. The number of carbonyl (C=O) groups excluding carboxylic acids is 1. The van der Waals surface area contributed by atoms with Crippen LogP contribution in [0.3, 0.4) is 0 Å². The lowest BCUT2D eigenvalue weighted by Crippen LogP contribution is -2.39. The van der Waals surface area contributed by atoms with Crippen LogP contribution >= 0.6 is 8.53 Å². The molecule has 3 heterocycles. The Labute approximate surface area is 357 Å². The first-order valence-electron chi connectivity index (χ1n) is 20.0. The van der Waals surface area contributed by atoms with Gasteiger partial charge in [0.1, 0.15) is 42.4 Å². The molecule has 1 amide bonds. The van der Waals surface area contributed by atoms with Gasteiger partial charge in [0.05, 0.1) is 64.8 Å². The van der Waals surface area contributed by atoms with Crippen molar-refractivity contribution >= 4 is 31.6 Å². The van der Waals surface area contributed by atoms with Crippen LogP contribution in [0.2, 0.25) is 0 Å². The standard InChI is InChI=1S/C44H51N8O8P/c1-30(2)52(31(3)4)61(58-25-11-23-46)60-37-26-39(51-29-49-40-41(47-28-48-42(40)51)50-43(53)56-24-10-22-45)59-38(37)27-57-44(32-12-8-7-9-13-32,33-14-18-35(54-5)19-15-33)34-16-20-36(55-6)21-17-34/h7-9,12-21,28-31,37-39H,10-11,24-27H2,1-6H3,(H,47,48,50,53)/t37-,38+,39+,61?/m0/s1. The van der Waals surface area contributed by atoms with E-state index in [1.165, 1.54) is 6.33 Å². The molecule has 1 aliphatic heterocycles. The minimum Gasteiger partial charge on any atom is -0.497 e. The Bertz CT molecular complexity index is 2210. The number of aromatic nitrogens is 4. The van der Waals surface area contributed by atoms with Gasteiger partial charge in [0, 0.05) is 18.5 Å². The zero-order valence-electron chi connectivity index (χ0n) is 35.1. The van der Waals surface area contributed by atoms with Crippen molar-refractivity contribution in [3.05, 3.63) is 108 Å². The number of ether oxygens (including phenoxy) is 5. The topological polar surface area (TPSA) is 188 Å². The smallest absolute Gasteiger partial charge is 0.412 e. The highest BCUT2D eigenvalue weighted by Gasteiger charge is 2.45. The quantitative estimate of drug-likeness (QED) is 0.0448. The molecule has 0 aliphatic carbocycles. The highest BCUT2D eigenvalue weighted by atomic mass is 31.2. The second-order valence-corrected chi connectivity index (χ2v) is 16.0. The third-order valence-corrected chi connectivity index (χ3v) is 12.2. The Hall–Kier alpha value is -5.71. The summed E-state index contributed by atoms with van der Waals surface area (Å²) in [6.45, 7) is 8.52. The summed E-state index contributed by atoms with van der Waals surface area (Å²) in [5, 5.41) is 20.8. The minimum atomic E-state index is -1.68. The number of fused-ring (bicyclic) bond motifs is 1. The lowest BCUT2D eigenvalue weighted by molar-refractivity contribution is -0.0912. The second-order valence-electron chi connectivity index (χ2n) is 14.6. The van der Waals surface area contributed by atoms with Crippen LogP contribution in [-0.2, 0) is 28.9 Å². The average molecular weight is 851 g/mol. The number of benzene rings is 3. The average Bonchev–Trinajstić information content (AvgIpc) is 3.89. The SMILES string of the molecule is COc1ccc(C(OC[C@H]2O[C@@H](n3cnc4c(NC(=O)OCCC#N)ncnc43)C[C@@H]2OP(OCCC#N)N(C(C)C)C(C)C)(c2ccccc2)c2ccc(OC)cc2)cc1. The summed E-state index contributed by atoms with van der Waals surface area (Å²) < 4.78 is 47.8. The van der Waals surface area contributed by atoms with E-state index in [0.29, 0.717) is 29.1 Å². The fourth-order valence-corrected chi connectivity index (χ4v) is 9.06. The van der Waals surface area contributed by atoms with Crippen LogP contribution in [-0.4, -0.2) is 88.6 Å². The number of imidazole rings is 1. The predicted octanol–water partition coefficient (Wildman–Crippen LogP) is 8.26. The van der Waals surface area contributed by atoms with E-state index in [4.69, 9.17) is 38.0 Å². The number of rotatable bonds is 20. The van der Waals surface area contributed by atoms with E-state index in [1.807, 2.05) is 84.9 Å². The van der Waals surface area contributed by atoms with Gasteiger partial charge in [-0.15, -0.1) is 0 Å². The number of methoxy groups -OCH3 is 2. The normalized spacial score (nSPS) is 17.0. The van der Waals surface area contributed by atoms with Crippen molar-refractivity contribution in [2.24, 2.45) is 0 Å². The van der Waals surface area contributed by atoms with E-state index in [-0.39, 0.29) is 50.6 Å². The largest absolute Gasteiger partial charge is 0.497 e. The van der Waals surface area contributed by atoms with Crippen molar-refractivity contribution in [3.8, 4) is 23.6 Å². The van der Waals surface area contributed by atoms with E-state index in [0.717, 1.165) is 16.7 Å². The van der Waals surface area contributed by atoms with Gasteiger partial charge in [0.15, 0.2) is 17.0 Å². The van der Waals surface area contributed by atoms with E-state index >= 15 is 0 Å². The number of hydrogen-bond acceptors (Lipinski definition) is 14. The first-order chi connectivity index (χ1) is 29.6. The van der Waals surface area contributed by atoms with Crippen molar-refractivity contribution in [1.82, 2.24) is 24.2 Å². The van der Waals surface area contributed by atoms with E-state index in [9.17, 15) is 10.1 Å². The lowest BCUT2D eigenvalue weighted by atomic mass is 9.80. The molecule has 16 nitrogen and oxygen atoms in total. The van der Waals surface area contributed by atoms with Crippen molar-refractivity contribution in [1.29, 1.82) is 10.5 Å². The summed E-state index contributed by atoms with van der Waals surface area (Å²) in [5.41, 5.74) is 2.17. The fourth-order valence-electron chi connectivity index (χ4n) is 7.30. The van der Waals surface area contributed by atoms with Gasteiger partial charge in [-0.05, 0) is 68.7 Å². The van der Waals surface area contributed by atoms with Crippen molar-refractivity contribution < 1.29 is 37.5 Å². The molecular formula is C44H51N8O8P. The zero-order valence-corrected chi connectivity index (χ0v) is 36.0. The number of hydrogen-bond donors (Lipinski definition) is 1. The maximum Gasteiger partial charge on any atom is 0.412 e. The Morgan fingerprint density at radius 1 is 0.885 bits per heavy atom. The molecule has 320 valence electrons. The molecule has 6 rings (SSSR count). The van der Waals surface area contributed by atoms with Crippen LogP contribution in [0.1, 0.15) is 69.9 Å². The number of nitrogens with zero attached hydrogens (tertiary/aromatic N) is 7. The molecule has 0 radical (unpaired) electrons. The number of carbonyl (C=O) groups is 1. The van der Waals surface area contributed by atoms with Crippen LogP contribution in [0, 0.1) is 22.7 Å². The molecule has 1 fully saturated rings. The Morgan fingerprint density at radius 2 is 1.49 bits per heavy atom. The number of nitrogens with one attached hydrogen (secondary N) is 1. The van der Waals surface area contributed by atoms with Crippen molar-refractivity contribution in [2.75, 3.05) is 39.4 Å². The molecule has 0 saturated carbocycles. The van der Waals surface area contributed by atoms with Crippen LogP contribution in [0.25, 0.3) is 11.2 Å². The van der Waals surface area contributed by atoms with Gasteiger partial charge in [0.25, 0.3) is 8.53 Å². The Morgan fingerprint density at radius 3 is 2.08 bits per heavy atom. The second kappa shape index (κ2) is 21.2. The molecule has 5 aromatic rings. The molecule has 0 spiro atoms. The van der Waals surface area contributed by atoms with Gasteiger partial charge in [-0.25, -0.2) is 24.4 Å². The summed E-state index contributed by atoms with van der Waals surface area (Å²) in [6.07, 6.45) is 0.840. The highest BCUT2D eigenvalue weighted by molar-refractivity contribution is 7.44. The summed E-state index contributed by atoms with van der Waals surface area (Å²) in [6, 6.07) is 29.9. The molecule has 1 N–H and O–H groups in total. The van der Waals surface area contributed by atoms with Crippen LogP contribution in [0.5, 0.6) is 11.5 Å². The monoisotopic (exact) mass is 850 g/mol. The van der Waals surface area contributed by atoms with E-state index < -0.39 is 38.7 Å². The molecule has 17 heteroatoms. The number of anilines is 1. The van der Waals surface area contributed by atoms with Gasteiger partial charge in [0.2, 0.25) is 0 Å². The summed E-state index contributed by atoms with van der Waals surface area (Å²) in [4.78, 5) is 25.8. The molecule has 1 aliphatic rings. The van der Waals surface area contributed by atoms with E-state index in [1.54, 1.807) is 25.1 Å². The number of nitriles is 2. The van der Waals surface area contributed by atoms with Gasteiger partial charge in [-0.3, -0.25) is 9.88 Å². The molecule has 0 bridgehead atoms. The maximum absolute atomic E-state index is 12.5. The van der Waals surface area contributed by atoms with E-state index in [2.05, 4.69) is 58.7 Å². The summed E-state index contributed by atoms with van der Waals surface area (Å²) in [5.74, 6) is 1.54. The van der Waals surface area contributed by atoms with Crippen molar-refractivity contribution in [2.45, 2.75) is 83.1 Å². The van der Waals surface area contributed by atoms with Crippen LogP contribution in [0.4, 0.5) is 10.6 Å². The van der Waals surface area contributed by atoms with Gasteiger partial charge >= 0.3 is 6.09 Å². The Kier molecular flexibility index (Phi) is 15.6. The summed E-state index contributed by atoms with van der Waals surface area (Å²) in [7, 11) is 1.58. The molecule has 2 aromatic heterocycles. The Balaban J connectivity index is 1.41. The van der Waals surface area contributed by atoms with Gasteiger partial charge in [-0.1, -0.05) is 54.6 Å². The molecular weight excluding hydrogens is 800 g/mol. The lowest BCUT2D eigenvalue weighted by Gasteiger charge is -2.39. The summed E-state index contributed by atoms with van der Waals surface area (Å²) >= 11 is 0. The molecule has 1 unspecified atom stereocenters. The fraction of sp³-hybridized carbons (Fsp3) is 0.409. The first-order valence-corrected chi connectivity index (χ1v) is 21.1. The van der Waals surface area contributed by atoms with Crippen molar-refractivity contribution in [3.63, 3.8) is 0 Å². The van der Waals surface area contributed by atoms with Crippen LogP contribution < -0.4 is 14.8 Å². The molecule has 3 aromatic carbocycles. The predicted molar refractivity (Wildman–Crippen MR) is 227 cm³/mol. The molecule has 4 atom stereocenters. The first kappa shape index (κ1) is 44.8. The molecule has 61 heavy (non-hydrogen) atoms. The minimum absolute atomic E-state index is 0.0542. The third-order valence-electron chi connectivity index (χ3n) is 10.0. The highest BCUT2D eigenvalue weighted by Crippen LogP contribution is 2.51. The van der Waals surface area contributed by atoms with Gasteiger partial charge < -0.3 is 32.7 Å². The van der Waals surface area contributed by atoms with Gasteiger partial charge in [-0.2, -0.15) is 10.5 Å².